The highest BCUT2D eigenvalue weighted by molar-refractivity contribution is 8.18. The van der Waals surface area contributed by atoms with Crippen LogP contribution in [0, 0.1) is 0 Å². The van der Waals surface area contributed by atoms with Crippen molar-refractivity contribution in [1.29, 1.82) is 0 Å². The first-order valence-corrected chi connectivity index (χ1v) is 11.2. The maximum atomic E-state index is 13.5. The molecule has 0 radical (unpaired) electrons. The van der Waals surface area contributed by atoms with E-state index < -0.39 is 5.91 Å². The van der Waals surface area contributed by atoms with Gasteiger partial charge >= 0.3 is 0 Å². The average Bonchev–Trinajstić information content (AvgIpc) is 3.23. The molecule has 0 bridgehead atoms. The predicted octanol–water partition coefficient (Wildman–Crippen LogP) is 5.49. The van der Waals surface area contributed by atoms with E-state index in [1.54, 1.807) is 17.0 Å². The lowest BCUT2D eigenvalue weighted by Gasteiger charge is -2.18. The van der Waals surface area contributed by atoms with E-state index in [2.05, 4.69) is 0 Å². The highest BCUT2D eigenvalue weighted by atomic mass is 35.5. The van der Waals surface area contributed by atoms with Gasteiger partial charge in [0.15, 0.2) is 0 Å². The zero-order valence-corrected chi connectivity index (χ0v) is 18.4. The van der Waals surface area contributed by atoms with E-state index in [4.69, 9.17) is 11.6 Å². The molecule has 0 N–H and O–H groups in total. The average molecular weight is 461 g/mol. The summed E-state index contributed by atoms with van der Waals surface area (Å²) in [6.45, 7) is 0.439. The van der Waals surface area contributed by atoms with Gasteiger partial charge in [-0.05, 0) is 35.0 Å². The molecule has 1 saturated heterocycles. The van der Waals surface area contributed by atoms with Crippen LogP contribution in [-0.4, -0.2) is 22.0 Å². The molecule has 32 heavy (non-hydrogen) atoms. The van der Waals surface area contributed by atoms with Gasteiger partial charge in [0.05, 0.1) is 29.3 Å². The van der Waals surface area contributed by atoms with Crippen molar-refractivity contribution in [3.63, 3.8) is 0 Å². The number of fused-ring (bicyclic) bond motifs is 1. The Kier molecular flexibility index (Phi) is 5.33. The van der Waals surface area contributed by atoms with E-state index >= 15 is 0 Å². The highest BCUT2D eigenvalue weighted by Gasteiger charge is 2.43. The van der Waals surface area contributed by atoms with Crippen molar-refractivity contribution in [3.05, 3.63) is 105 Å². The van der Waals surface area contributed by atoms with Gasteiger partial charge in [-0.1, -0.05) is 78.3 Å². The van der Waals surface area contributed by atoms with Crippen molar-refractivity contribution in [2.45, 2.75) is 13.1 Å². The lowest BCUT2D eigenvalue weighted by Crippen LogP contribution is -2.29. The second-order valence-corrected chi connectivity index (χ2v) is 8.82. The maximum absolute atomic E-state index is 13.5. The molecule has 0 aliphatic carbocycles. The zero-order valence-electron chi connectivity index (χ0n) is 16.8. The van der Waals surface area contributed by atoms with E-state index in [-0.39, 0.29) is 34.7 Å². The van der Waals surface area contributed by atoms with Crippen LogP contribution in [0.1, 0.15) is 16.7 Å². The molecule has 2 heterocycles. The minimum atomic E-state index is -0.443. The minimum absolute atomic E-state index is 0.168. The van der Waals surface area contributed by atoms with Gasteiger partial charge in [0.1, 0.15) is 0 Å². The van der Waals surface area contributed by atoms with E-state index in [1.165, 1.54) is 4.90 Å². The van der Waals surface area contributed by atoms with Crippen LogP contribution in [0.5, 0.6) is 0 Å². The van der Waals surface area contributed by atoms with Gasteiger partial charge in [-0.15, -0.1) is 0 Å². The molecule has 3 aromatic carbocycles. The summed E-state index contributed by atoms with van der Waals surface area (Å²) >= 11 is 7.14. The van der Waals surface area contributed by atoms with Crippen LogP contribution < -0.4 is 4.90 Å². The van der Waals surface area contributed by atoms with E-state index in [0.717, 1.165) is 22.9 Å². The number of imide groups is 1. The third kappa shape index (κ3) is 3.51. The molecular weight excluding hydrogens is 444 g/mol. The monoisotopic (exact) mass is 460 g/mol. The molecule has 0 aromatic heterocycles. The lowest BCUT2D eigenvalue weighted by atomic mass is 10.1. The number of benzene rings is 3. The van der Waals surface area contributed by atoms with Crippen LogP contribution in [0.25, 0.3) is 5.57 Å². The molecule has 2 aliphatic rings. The smallest absolute Gasteiger partial charge is 0.293 e. The summed E-state index contributed by atoms with van der Waals surface area (Å²) in [5, 5.41) is 0.186. The highest BCUT2D eigenvalue weighted by Crippen LogP contribution is 2.45. The number of carbonyl (C=O) groups is 3. The minimum Gasteiger partial charge on any atom is -0.303 e. The summed E-state index contributed by atoms with van der Waals surface area (Å²) in [5.74, 6) is -0.752. The molecule has 0 atom stereocenters. The number of nitrogens with zero attached hydrogens (tertiary/aromatic N) is 2. The second-order valence-electron chi connectivity index (χ2n) is 7.45. The molecule has 3 amide bonds. The SMILES string of the molecule is O=C1SC(=C2C(=O)N(Cc3ccccc3Cl)c3ccccc32)C(=O)N1Cc1ccccc1. The Morgan fingerprint density at radius 2 is 1.41 bits per heavy atom. The van der Waals surface area contributed by atoms with Crippen LogP contribution in [0.4, 0.5) is 10.5 Å². The molecule has 0 spiro atoms. The number of hydrogen-bond donors (Lipinski definition) is 0. The molecule has 3 aromatic rings. The first-order chi connectivity index (χ1) is 15.5. The Labute approximate surface area is 194 Å². The van der Waals surface area contributed by atoms with Gasteiger partial charge in [-0.25, -0.2) is 0 Å². The van der Waals surface area contributed by atoms with Crippen molar-refractivity contribution in [3.8, 4) is 0 Å². The molecule has 1 fully saturated rings. The molecule has 7 heteroatoms. The van der Waals surface area contributed by atoms with Crippen LogP contribution in [0.2, 0.25) is 5.02 Å². The van der Waals surface area contributed by atoms with Crippen LogP contribution in [0.15, 0.2) is 83.8 Å². The van der Waals surface area contributed by atoms with Crippen LogP contribution >= 0.6 is 23.4 Å². The van der Waals surface area contributed by atoms with Gasteiger partial charge in [-0.2, -0.15) is 0 Å². The van der Waals surface area contributed by atoms with Crippen LogP contribution in [0.3, 0.4) is 0 Å². The summed E-state index contributed by atoms with van der Waals surface area (Å²) in [7, 11) is 0. The number of hydrogen-bond acceptors (Lipinski definition) is 4. The normalized spacial score (nSPS) is 18.0. The fraction of sp³-hybridized carbons (Fsp3) is 0.0800. The molecule has 0 unspecified atom stereocenters. The lowest BCUT2D eigenvalue weighted by molar-refractivity contribution is -0.123. The number of anilines is 1. The Balaban J connectivity index is 1.53. The molecule has 158 valence electrons. The molecule has 5 nitrogen and oxygen atoms in total. The fourth-order valence-electron chi connectivity index (χ4n) is 3.91. The fourth-order valence-corrected chi connectivity index (χ4v) is 5.03. The van der Waals surface area contributed by atoms with Gasteiger partial charge in [0.2, 0.25) is 0 Å². The molecule has 2 aliphatic heterocycles. The van der Waals surface area contributed by atoms with Crippen molar-refractivity contribution in [2.75, 3.05) is 4.90 Å². The maximum Gasteiger partial charge on any atom is 0.293 e. The summed E-state index contributed by atoms with van der Waals surface area (Å²) in [4.78, 5) is 42.4. The Hall–Kier alpha value is -3.35. The van der Waals surface area contributed by atoms with Gasteiger partial charge in [0.25, 0.3) is 17.1 Å². The van der Waals surface area contributed by atoms with E-state index in [9.17, 15) is 14.4 Å². The van der Waals surface area contributed by atoms with Crippen molar-refractivity contribution in [2.24, 2.45) is 0 Å². The topological polar surface area (TPSA) is 57.7 Å². The van der Waals surface area contributed by atoms with Gasteiger partial charge < -0.3 is 4.90 Å². The third-order valence-electron chi connectivity index (χ3n) is 5.47. The summed E-state index contributed by atoms with van der Waals surface area (Å²) in [6, 6.07) is 24.0. The molecular formula is C25H17ClN2O3S. The number of para-hydroxylation sites is 1. The Bertz CT molecular complexity index is 1290. The summed E-state index contributed by atoms with van der Waals surface area (Å²) in [5.41, 5.74) is 3.26. The first kappa shape index (κ1) is 20.5. The number of rotatable bonds is 4. The second kappa shape index (κ2) is 8.30. The van der Waals surface area contributed by atoms with Crippen molar-refractivity contribution >= 4 is 51.7 Å². The number of amides is 3. The standard InChI is InChI=1S/C25H17ClN2O3S/c26-19-12-6-4-10-17(19)15-27-20-13-7-5-11-18(20)21(23(27)29)22-24(30)28(25(31)32-22)14-16-8-2-1-3-9-16/h1-13H,14-15H2. The Morgan fingerprint density at radius 3 is 2.19 bits per heavy atom. The third-order valence-corrected chi connectivity index (χ3v) is 6.82. The zero-order chi connectivity index (χ0) is 22.2. The number of thioether (sulfide) groups is 1. The molecule has 5 rings (SSSR count). The summed E-state index contributed by atoms with van der Waals surface area (Å²) in [6.07, 6.45) is 0. The Morgan fingerprint density at radius 1 is 0.719 bits per heavy atom. The van der Waals surface area contributed by atoms with E-state index in [0.29, 0.717) is 16.3 Å². The molecule has 0 saturated carbocycles. The van der Waals surface area contributed by atoms with Gasteiger partial charge in [0, 0.05) is 10.6 Å². The van der Waals surface area contributed by atoms with Crippen molar-refractivity contribution < 1.29 is 14.4 Å². The summed E-state index contributed by atoms with van der Waals surface area (Å²) < 4.78 is 0. The van der Waals surface area contributed by atoms with E-state index in [1.807, 2.05) is 66.7 Å². The number of halogens is 1. The largest absolute Gasteiger partial charge is 0.303 e. The van der Waals surface area contributed by atoms with Crippen molar-refractivity contribution in [1.82, 2.24) is 4.90 Å². The predicted molar refractivity (Wildman–Crippen MR) is 126 cm³/mol. The van der Waals surface area contributed by atoms with Gasteiger partial charge in [-0.3, -0.25) is 19.3 Å². The van der Waals surface area contributed by atoms with Crippen LogP contribution in [-0.2, 0) is 22.7 Å². The first-order valence-electron chi connectivity index (χ1n) is 10.0. The quantitative estimate of drug-likeness (QED) is 0.483. The number of carbonyl (C=O) groups excluding carboxylic acids is 3.